The van der Waals surface area contributed by atoms with Crippen LogP contribution in [0.25, 0.3) is 0 Å². The van der Waals surface area contributed by atoms with Crippen LogP contribution in [0.4, 0.5) is 10.1 Å². The molecule has 0 saturated carbocycles. The van der Waals surface area contributed by atoms with Gasteiger partial charge in [-0.3, -0.25) is 0 Å². The standard InChI is InChI=1S/C16H14FNO/c1-2-13-6-5-7-14(12-13)18-10-11-19-16-9-4-3-8-15(16)17/h1,3-9,12,18H,10-11H2. The number of benzene rings is 2. The van der Waals surface area contributed by atoms with Gasteiger partial charge in [-0.1, -0.05) is 24.1 Å². The number of ether oxygens (including phenoxy) is 1. The Hall–Kier alpha value is -2.47. The zero-order valence-corrected chi connectivity index (χ0v) is 10.4. The van der Waals surface area contributed by atoms with Crippen LogP contribution in [0.3, 0.4) is 0 Å². The van der Waals surface area contributed by atoms with E-state index in [1.165, 1.54) is 6.07 Å². The predicted molar refractivity (Wildman–Crippen MR) is 74.8 cm³/mol. The molecule has 2 aromatic carbocycles. The maximum Gasteiger partial charge on any atom is 0.165 e. The normalized spacial score (nSPS) is 9.68. The van der Waals surface area contributed by atoms with Crippen molar-refractivity contribution >= 4 is 5.69 Å². The van der Waals surface area contributed by atoms with E-state index in [4.69, 9.17) is 11.2 Å². The van der Waals surface area contributed by atoms with E-state index in [0.717, 1.165) is 11.3 Å². The molecule has 1 N–H and O–H groups in total. The lowest BCUT2D eigenvalue weighted by molar-refractivity contribution is 0.315. The fourth-order valence-electron chi connectivity index (χ4n) is 1.64. The number of para-hydroxylation sites is 1. The molecule has 19 heavy (non-hydrogen) atoms. The molecule has 0 radical (unpaired) electrons. The maximum atomic E-state index is 13.3. The second-order valence-electron chi connectivity index (χ2n) is 3.93. The van der Waals surface area contributed by atoms with Crippen molar-refractivity contribution in [2.45, 2.75) is 0 Å². The van der Waals surface area contributed by atoms with Crippen molar-refractivity contribution in [2.75, 3.05) is 18.5 Å². The van der Waals surface area contributed by atoms with Crippen LogP contribution < -0.4 is 10.1 Å². The number of terminal acetylenes is 1. The molecule has 0 bridgehead atoms. The van der Waals surface area contributed by atoms with Gasteiger partial charge in [-0.25, -0.2) is 4.39 Å². The maximum absolute atomic E-state index is 13.3. The Balaban J connectivity index is 1.81. The van der Waals surface area contributed by atoms with Gasteiger partial charge in [0.1, 0.15) is 6.61 Å². The van der Waals surface area contributed by atoms with Gasteiger partial charge in [0.15, 0.2) is 11.6 Å². The smallest absolute Gasteiger partial charge is 0.165 e. The average Bonchev–Trinajstić information content (AvgIpc) is 2.45. The number of nitrogens with one attached hydrogen (secondary N) is 1. The zero-order valence-electron chi connectivity index (χ0n) is 10.4. The third-order valence-corrected chi connectivity index (χ3v) is 2.55. The third kappa shape index (κ3) is 3.75. The fraction of sp³-hybridized carbons (Fsp3) is 0.125. The molecule has 0 amide bonds. The Morgan fingerprint density at radius 1 is 1.16 bits per heavy atom. The van der Waals surface area contributed by atoms with Crippen molar-refractivity contribution in [1.29, 1.82) is 0 Å². The highest BCUT2D eigenvalue weighted by atomic mass is 19.1. The summed E-state index contributed by atoms with van der Waals surface area (Å²) < 4.78 is 18.6. The average molecular weight is 255 g/mol. The molecule has 2 nitrogen and oxygen atoms in total. The Bertz CT molecular complexity index is 589. The van der Waals surface area contributed by atoms with E-state index in [2.05, 4.69) is 11.2 Å². The zero-order chi connectivity index (χ0) is 13.5. The molecule has 0 aliphatic carbocycles. The molecule has 0 aliphatic rings. The SMILES string of the molecule is C#Cc1cccc(NCCOc2ccccc2F)c1. The van der Waals surface area contributed by atoms with Gasteiger partial charge in [0.2, 0.25) is 0 Å². The lowest BCUT2D eigenvalue weighted by Crippen LogP contribution is -2.12. The highest BCUT2D eigenvalue weighted by Gasteiger charge is 2.00. The van der Waals surface area contributed by atoms with E-state index in [1.54, 1.807) is 18.2 Å². The van der Waals surface area contributed by atoms with Gasteiger partial charge >= 0.3 is 0 Å². The van der Waals surface area contributed by atoms with Gasteiger partial charge in [0.05, 0.1) is 0 Å². The summed E-state index contributed by atoms with van der Waals surface area (Å²) in [6.45, 7) is 0.948. The first-order chi connectivity index (χ1) is 9.29. The molecule has 96 valence electrons. The minimum absolute atomic E-state index is 0.265. The Kier molecular flexibility index (Phi) is 4.41. The number of halogens is 1. The van der Waals surface area contributed by atoms with Crippen molar-refractivity contribution in [3.05, 3.63) is 59.9 Å². The topological polar surface area (TPSA) is 21.3 Å². The number of rotatable bonds is 5. The van der Waals surface area contributed by atoms with Crippen molar-refractivity contribution in [3.8, 4) is 18.1 Å². The van der Waals surface area contributed by atoms with Crippen LogP contribution in [-0.2, 0) is 0 Å². The van der Waals surface area contributed by atoms with Crippen LogP contribution in [0.2, 0.25) is 0 Å². The lowest BCUT2D eigenvalue weighted by Gasteiger charge is -2.09. The van der Waals surface area contributed by atoms with Crippen molar-refractivity contribution in [1.82, 2.24) is 0 Å². The molecule has 0 fully saturated rings. The highest BCUT2D eigenvalue weighted by molar-refractivity contribution is 5.49. The first-order valence-corrected chi connectivity index (χ1v) is 5.97. The summed E-state index contributed by atoms with van der Waals surface area (Å²) >= 11 is 0. The summed E-state index contributed by atoms with van der Waals surface area (Å²) in [5.74, 6) is 2.49. The van der Waals surface area contributed by atoms with Crippen molar-refractivity contribution < 1.29 is 9.13 Å². The number of hydrogen-bond acceptors (Lipinski definition) is 2. The minimum atomic E-state index is -0.350. The monoisotopic (exact) mass is 255 g/mol. The summed E-state index contributed by atoms with van der Waals surface area (Å²) in [4.78, 5) is 0. The quantitative estimate of drug-likeness (QED) is 0.654. The van der Waals surface area contributed by atoms with Crippen LogP contribution in [0.5, 0.6) is 5.75 Å². The molecule has 0 spiro atoms. The minimum Gasteiger partial charge on any atom is -0.489 e. The van der Waals surface area contributed by atoms with Crippen LogP contribution >= 0.6 is 0 Å². The van der Waals surface area contributed by atoms with Gasteiger partial charge < -0.3 is 10.1 Å². The molecule has 3 heteroatoms. The Morgan fingerprint density at radius 3 is 2.79 bits per heavy atom. The van der Waals surface area contributed by atoms with E-state index in [1.807, 2.05) is 24.3 Å². The lowest BCUT2D eigenvalue weighted by atomic mass is 10.2. The number of anilines is 1. The largest absolute Gasteiger partial charge is 0.489 e. The summed E-state index contributed by atoms with van der Waals surface area (Å²) in [5, 5.41) is 3.17. The molecule has 0 atom stereocenters. The molecule has 0 unspecified atom stereocenters. The first kappa shape index (κ1) is 13.0. The summed E-state index contributed by atoms with van der Waals surface area (Å²) in [6.07, 6.45) is 5.32. The van der Waals surface area contributed by atoms with Gasteiger partial charge in [-0.2, -0.15) is 0 Å². The highest BCUT2D eigenvalue weighted by Crippen LogP contribution is 2.15. The van der Waals surface area contributed by atoms with Crippen molar-refractivity contribution in [3.63, 3.8) is 0 Å². The van der Waals surface area contributed by atoms with Crippen LogP contribution in [0.15, 0.2) is 48.5 Å². The molecular weight excluding hydrogens is 241 g/mol. The van der Waals surface area contributed by atoms with Gasteiger partial charge in [0.25, 0.3) is 0 Å². The predicted octanol–water partition coefficient (Wildman–Crippen LogP) is 3.30. The van der Waals surface area contributed by atoms with E-state index < -0.39 is 0 Å². The number of hydrogen-bond donors (Lipinski definition) is 1. The van der Waals surface area contributed by atoms with Crippen LogP contribution in [0, 0.1) is 18.2 Å². The molecule has 2 aromatic rings. The second-order valence-corrected chi connectivity index (χ2v) is 3.93. The fourth-order valence-corrected chi connectivity index (χ4v) is 1.64. The Labute approximate surface area is 112 Å². The second kappa shape index (κ2) is 6.46. The Morgan fingerprint density at radius 2 is 2.00 bits per heavy atom. The van der Waals surface area contributed by atoms with E-state index >= 15 is 0 Å². The summed E-state index contributed by atoms with van der Waals surface area (Å²) in [7, 11) is 0. The summed E-state index contributed by atoms with van der Waals surface area (Å²) in [6, 6.07) is 13.9. The summed E-state index contributed by atoms with van der Waals surface area (Å²) in [5.41, 5.74) is 1.74. The molecule has 0 aromatic heterocycles. The molecule has 0 aliphatic heterocycles. The molecule has 0 heterocycles. The van der Waals surface area contributed by atoms with E-state index in [9.17, 15) is 4.39 Å². The van der Waals surface area contributed by atoms with Gasteiger partial charge in [-0.15, -0.1) is 6.42 Å². The van der Waals surface area contributed by atoms with Crippen molar-refractivity contribution in [2.24, 2.45) is 0 Å². The van der Waals surface area contributed by atoms with Gasteiger partial charge in [-0.05, 0) is 30.3 Å². The first-order valence-electron chi connectivity index (χ1n) is 5.97. The van der Waals surface area contributed by atoms with E-state index in [-0.39, 0.29) is 11.6 Å². The molecule has 0 saturated heterocycles. The molecular formula is C16H14FNO. The molecule has 2 rings (SSSR count). The van der Waals surface area contributed by atoms with Crippen LogP contribution in [0.1, 0.15) is 5.56 Å². The van der Waals surface area contributed by atoms with Gasteiger partial charge in [0, 0.05) is 17.8 Å². The third-order valence-electron chi connectivity index (χ3n) is 2.55. The van der Waals surface area contributed by atoms with E-state index in [0.29, 0.717) is 13.2 Å². The van der Waals surface area contributed by atoms with Crippen LogP contribution in [-0.4, -0.2) is 13.2 Å².